The second-order valence-corrected chi connectivity index (χ2v) is 17.7. The van der Waals surface area contributed by atoms with Gasteiger partial charge in [0.25, 0.3) is 0 Å². The Labute approximate surface area is 323 Å². The lowest BCUT2D eigenvalue weighted by atomic mass is 10.0. The first kappa shape index (κ1) is 51.2. The molecule has 2 unspecified atom stereocenters. The summed E-state index contributed by atoms with van der Waals surface area (Å²) in [4.78, 5) is 25.0. The van der Waals surface area contributed by atoms with Crippen LogP contribution in [0.5, 0.6) is 0 Å². The van der Waals surface area contributed by atoms with Crippen molar-refractivity contribution < 1.29 is 32.5 Å². The number of phosphoric acid groups is 1. The van der Waals surface area contributed by atoms with Crippen LogP contribution in [0.3, 0.4) is 0 Å². The molecule has 0 saturated carbocycles. The van der Waals surface area contributed by atoms with Gasteiger partial charge in [-0.25, -0.2) is 4.57 Å². The zero-order valence-electron chi connectivity index (χ0n) is 35.4. The second-order valence-electron chi connectivity index (χ2n) is 16.3. The van der Waals surface area contributed by atoms with E-state index >= 15 is 0 Å². The molecule has 0 aromatic heterocycles. The number of carbonyl (C=O) groups is 1. The van der Waals surface area contributed by atoms with E-state index in [-0.39, 0.29) is 25.7 Å². The van der Waals surface area contributed by atoms with Crippen LogP contribution in [0.15, 0.2) is 12.2 Å². The summed E-state index contributed by atoms with van der Waals surface area (Å²) in [5, 5.41) is 0. The van der Waals surface area contributed by atoms with Gasteiger partial charge in [-0.3, -0.25) is 13.8 Å². The van der Waals surface area contributed by atoms with Gasteiger partial charge in [-0.15, -0.1) is 0 Å². The van der Waals surface area contributed by atoms with E-state index in [1.807, 2.05) is 21.1 Å². The van der Waals surface area contributed by atoms with Crippen molar-refractivity contribution in [2.24, 2.45) is 0 Å². The molecule has 0 heterocycles. The van der Waals surface area contributed by atoms with Crippen LogP contribution >= 0.6 is 7.82 Å². The molecule has 0 saturated heterocycles. The van der Waals surface area contributed by atoms with Crippen molar-refractivity contribution in [1.29, 1.82) is 0 Å². The molecular weight excluding hydrogens is 671 g/mol. The van der Waals surface area contributed by atoms with Gasteiger partial charge in [0.05, 0.1) is 27.7 Å². The summed E-state index contributed by atoms with van der Waals surface area (Å²) in [7, 11) is 3.44. The average Bonchev–Trinajstić information content (AvgIpc) is 3.08. The minimum absolute atomic E-state index is 0.0312. The topological polar surface area (TPSA) is 85.3 Å². The Balaban J connectivity index is 4.33. The van der Waals surface area contributed by atoms with Gasteiger partial charge < -0.3 is 19.0 Å². The molecule has 0 radical (unpaired) electrons. The normalized spacial score (nSPS) is 13.9. The number of phosphoric ester groups is 1. The molecule has 2 atom stereocenters. The Morgan fingerprint density at radius 3 is 1.54 bits per heavy atom. The average molecular weight is 760 g/mol. The van der Waals surface area contributed by atoms with Crippen molar-refractivity contribution in [3.05, 3.63) is 12.2 Å². The van der Waals surface area contributed by atoms with Crippen molar-refractivity contribution in [2.75, 3.05) is 61.1 Å². The van der Waals surface area contributed by atoms with Crippen LogP contribution in [0.4, 0.5) is 0 Å². The van der Waals surface area contributed by atoms with Crippen molar-refractivity contribution in [1.82, 2.24) is 4.90 Å². The number of unbranched alkanes of at least 4 members (excludes halogenated alkanes) is 24. The molecule has 0 aliphatic rings. The summed E-state index contributed by atoms with van der Waals surface area (Å²) in [5.74, 6) is 0.0312. The van der Waals surface area contributed by atoms with E-state index in [0.29, 0.717) is 24.1 Å². The van der Waals surface area contributed by atoms with Gasteiger partial charge in [0.15, 0.2) is 0 Å². The molecule has 0 aliphatic carbocycles. The zero-order valence-corrected chi connectivity index (χ0v) is 36.3. The Morgan fingerprint density at radius 2 is 1.08 bits per heavy atom. The van der Waals surface area contributed by atoms with Crippen LogP contribution < -0.4 is 0 Å². The summed E-state index contributed by atoms with van der Waals surface area (Å²) >= 11 is 0. The highest BCUT2D eigenvalue weighted by Gasteiger charge is 2.29. The maximum absolute atomic E-state index is 12.9. The lowest BCUT2D eigenvalue weighted by molar-refractivity contribution is -0.870. The van der Waals surface area contributed by atoms with Gasteiger partial charge in [0.2, 0.25) is 5.91 Å². The molecule has 52 heavy (non-hydrogen) atoms. The molecule has 310 valence electrons. The predicted molar refractivity (Wildman–Crippen MR) is 222 cm³/mol. The highest BCUT2D eigenvalue weighted by Crippen LogP contribution is 2.44. The minimum atomic E-state index is -4.30. The molecule has 0 aromatic rings. The molecule has 0 aromatic carbocycles. The first-order valence-corrected chi connectivity index (χ1v) is 23.4. The molecule has 0 fully saturated rings. The number of rotatable bonds is 40. The van der Waals surface area contributed by atoms with Crippen molar-refractivity contribution >= 4 is 13.7 Å². The highest BCUT2D eigenvalue weighted by molar-refractivity contribution is 7.47. The van der Waals surface area contributed by atoms with E-state index in [0.717, 1.165) is 25.7 Å². The maximum atomic E-state index is 12.9. The molecule has 0 bridgehead atoms. The number of likely N-dealkylation sites (N-methyl/N-ethyl adjacent to an activating group) is 2. The molecule has 9 heteroatoms. The number of carbonyl (C=O) groups excluding carboxylic acids is 1. The molecule has 1 amide bonds. The monoisotopic (exact) mass is 760 g/mol. The first-order chi connectivity index (χ1) is 25.0. The molecule has 8 nitrogen and oxygen atoms in total. The van der Waals surface area contributed by atoms with E-state index < -0.39 is 13.9 Å². The third-order valence-electron chi connectivity index (χ3n) is 9.80. The van der Waals surface area contributed by atoms with Crippen molar-refractivity contribution in [3.8, 4) is 0 Å². The summed E-state index contributed by atoms with van der Waals surface area (Å²) in [5.41, 5.74) is 0. The van der Waals surface area contributed by atoms with Crippen LogP contribution in [0.1, 0.15) is 194 Å². The zero-order chi connectivity index (χ0) is 38.6. The Bertz CT molecular complexity index is 865. The maximum Gasteiger partial charge on any atom is 0.472 e. The number of hydrogen-bond acceptors (Lipinski definition) is 5. The highest BCUT2D eigenvalue weighted by atomic mass is 31.2. The first-order valence-electron chi connectivity index (χ1n) is 21.9. The van der Waals surface area contributed by atoms with E-state index in [1.54, 1.807) is 11.9 Å². The second kappa shape index (κ2) is 35.9. The summed E-state index contributed by atoms with van der Waals surface area (Å²) in [6.45, 7) is 6.11. The fourth-order valence-electron chi connectivity index (χ4n) is 6.32. The van der Waals surface area contributed by atoms with Crippen molar-refractivity contribution in [3.63, 3.8) is 0 Å². The molecule has 0 spiro atoms. The van der Waals surface area contributed by atoms with Gasteiger partial charge in [-0.1, -0.05) is 161 Å². The number of allylic oxidation sites excluding steroid dienone is 2. The van der Waals surface area contributed by atoms with Gasteiger partial charge in [-0.05, 0) is 38.5 Å². The summed E-state index contributed by atoms with van der Waals surface area (Å²) in [6.07, 6.45) is 38.5. The van der Waals surface area contributed by atoms with Gasteiger partial charge in [0, 0.05) is 26.6 Å². The van der Waals surface area contributed by atoms with E-state index in [4.69, 9.17) is 13.8 Å². The number of ether oxygens (including phenoxy) is 1. The fraction of sp³-hybridized carbons (Fsp3) is 0.930. The Kier molecular flexibility index (Phi) is 35.4. The minimum Gasteiger partial charge on any atom is -0.379 e. The van der Waals surface area contributed by atoms with Crippen LogP contribution in [-0.4, -0.2) is 87.4 Å². The smallest absolute Gasteiger partial charge is 0.379 e. The number of hydrogen-bond donors (Lipinski definition) is 1. The summed E-state index contributed by atoms with van der Waals surface area (Å²) < 4.78 is 30.2. The number of nitrogens with zero attached hydrogens (tertiary/aromatic N) is 2. The fourth-order valence-corrected chi connectivity index (χ4v) is 7.20. The standard InChI is InChI=1S/C43H87N2O6P/c1-7-9-11-13-15-17-19-21-22-23-25-27-29-31-33-35-38-49-41-42(51-52(47,48)50-39-37-45(4,5)6)40-44(3)43(46)36-34-32-30-28-26-24-20-18-16-14-12-10-8-2/h21-22,42H,7-20,23-41H2,1-6H3/p+1. The van der Waals surface area contributed by atoms with Gasteiger partial charge in [-0.2, -0.15) is 0 Å². The Morgan fingerprint density at radius 1 is 0.654 bits per heavy atom. The Hall–Kier alpha value is -0.760. The third kappa shape index (κ3) is 37.6. The molecular formula is C43H88N2O6P+. The van der Waals surface area contributed by atoms with Crippen LogP contribution in [0.2, 0.25) is 0 Å². The van der Waals surface area contributed by atoms with E-state index in [1.165, 1.54) is 148 Å². The van der Waals surface area contributed by atoms with Crippen LogP contribution in [-0.2, 0) is 23.1 Å². The van der Waals surface area contributed by atoms with Crippen LogP contribution in [0.25, 0.3) is 0 Å². The van der Waals surface area contributed by atoms with Gasteiger partial charge >= 0.3 is 7.82 Å². The largest absolute Gasteiger partial charge is 0.472 e. The quantitative estimate of drug-likeness (QED) is 0.0290. The summed E-state index contributed by atoms with van der Waals surface area (Å²) in [6, 6.07) is 0. The molecule has 1 N–H and O–H groups in total. The van der Waals surface area contributed by atoms with Gasteiger partial charge in [0.1, 0.15) is 19.3 Å². The lowest BCUT2D eigenvalue weighted by Gasteiger charge is -2.27. The number of quaternary nitrogens is 1. The number of amides is 1. The molecule has 0 aliphatic heterocycles. The van der Waals surface area contributed by atoms with Crippen molar-refractivity contribution in [2.45, 2.75) is 200 Å². The predicted octanol–water partition coefficient (Wildman–Crippen LogP) is 12.2. The van der Waals surface area contributed by atoms with E-state index in [9.17, 15) is 14.3 Å². The molecule has 0 rings (SSSR count). The van der Waals surface area contributed by atoms with E-state index in [2.05, 4.69) is 26.0 Å². The third-order valence-corrected chi connectivity index (χ3v) is 10.9. The lowest BCUT2D eigenvalue weighted by Crippen LogP contribution is -2.38. The van der Waals surface area contributed by atoms with Crippen LogP contribution in [0, 0.1) is 0 Å². The SMILES string of the molecule is CCCCCCCCC=CCCCCCCCCOCC(CN(C)C(=O)CCCCCCCCCCCCCCC)OP(=O)(O)OCC[N+](C)(C)C.